The van der Waals surface area contributed by atoms with Gasteiger partial charge in [0.2, 0.25) is 5.95 Å². The van der Waals surface area contributed by atoms with Crippen molar-refractivity contribution in [2.24, 2.45) is 12.5 Å². The second-order valence-electron chi connectivity index (χ2n) is 7.62. The van der Waals surface area contributed by atoms with Gasteiger partial charge < -0.3 is 10.6 Å². The first-order valence-electron chi connectivity index (χ1n) is 10.4. The topological polar surface area (TPSA) is 77.0 Å². The molecular formula is C21H30ClN5OS. The van der Waals surface area contributed by atoms with Gasteiger partial charge in [-0.05, 0) is 37.2 Å². The molecule has 6 nitrogen and oxygen atoms in total. The van der Waals surface area contributed by atoms with Crippen molar-refractivity contribution in [1.82, 2.24) is 14.5 Å². The maximum absolute atomic E-state index is 12.9. The van der Waals surface area contributed by atoms with Crippen LogP contribution in [0.2, 0.25) is 5.02 Å². The van der Waals surface area contributed by atoms with Gasteiger partial charge >= 0.3 is 0 Å². The van der Waals surface area contributed by atoms with E-state index >= 15 is 0 Å². The molecule has 2 aromatic rings. The molecule has 0 radical (unpaired) electrons. The van der Waals surface area contributed by atoms with E-state index in [1.54, 1.807) is 23.9 Å². The van der Waals surface area contributed by atoms with Gasteiger partial charge in [-0.25, -0.2) is 9.97 Å². The second-order valence-corrected chi connectivity index (χ2v) is 9.11. The lowest BCUT2D eigenvalue weighted by Gasteiger charge is -2.40. The van der Waals surface area contributed by atoms with Crippen LogP contribution in [0.15, 0.2) is 33.0 Å². The molecule has 2 N–H and O–H groups in total. The Morgan fingerprint density at radius 2 is 1.72 bits per heavy atom. The van der Waals surface area contributed by atoms with Crippen LogP contribution in [0, 0.1) is 5.41 Å². The Kier molecular flexibility index (Phi) is 7.11. The van der Waals surface area contributed by atoms with E-state index in [-0.39, 0.29) is 5.56 Å². The number of rotatable bonds is 3. The second kappa shape index (κ2) is 9.39. The molecule has 4 rings (SSSR count). The van der Waals surface area contributed by atoms with E-state index < -0.39 is 0 Å². The highest BCUT2D eigenvalue weighted by Gasteiger charge is 2.37. The van der Waals surface area contributed by atoms with Crippen LogP contribution in [0.3, 0.4) is 0 Å². The zero-order valence-electron chi connectivity index (χ0n) is 17.4. The van der Waals surface area contributed by atoms with Crippen LogP contribution in [0.4, 0.5) is 11.8 Å². The van der Waals surface area contributed by atoms with Crippen molar-refractivity contribution in [2.45, 2.75) is 62.2 Å². The molecule has 158 valence electrons. The molecule has 0 aromatic carbocycles. The van der Waals surface area contributed by atoms with E-state index in [4.69, 9.17) is 17.3 Å². The number of hydrogen-bond acceptors (Lipinski definition) is 6. The SMILES string of the molecule is CC.Cn1c(N2CCC3(CCCC3)CC2)ncc(Sc2cc(N)ncc2Cl)c1=O. The molecule has 3 heterocycles. The van der Waals surface area contributed by atoms with Gasteiger partial charge in [-0.1, -0.05) is 50.1 Å². The van der Waals surface area contributed by atoms with E-state index in [0.717, 1.165) is 19.0 Å². The first-order chi connectivity index (χ1) is 14.0. The molecule has 1 aliphatic heterocycles. The predicted octanol–water partition coefficient (Wildman–Crippen LogP) is 4.75. The third kappa shape index (κ3) is 4.72. The van der Waals surface area contributed by atoms with Crippen molar-refractivity contribution >= 4 is 35.1 Å². The number of nitrogen functional groups attached to an aromatic ring is 1. The summed E-state index contributed by atoms with van der Waals surface area (Å²) in [5.74, 6) is 1.12. The molecule has 29 heavy (non-hydrogen) atoms. The van der Waals surface area contributed by atoms with Crippen molar-refractivity contribution in [3.8, 4) is 0 Å². The van der Waals surface area contributed by atoms with Crippen LogP contribution in [-0.2, 0) is 7.05 Å². The first-order valence-corrected chi connectivity index (χ1v) is 11.6. The lowest BCUT2D eigenvalue weighted by atomic mass is 9.77. The van der Waals surface area contributed by atoms with E-state index in [0.29, 0.717) is 26.0 Å². The molecule has 1 saturated carbocycles. The number of anilines is 2. The summed E-state index contributed by atoms with van der Waals surface area (Å²) >= 11 is 7.45. The Morgan fingerprint density at radius 1 is 1.07 bits per heavy atom. The summed E-state index contributed by atoms with van der Waals surface area (Å²) in [5.41, 5.74) is 6.20. The summed E-state index contributed by atoms with van der Waals surface area (Å²) in [5, 5.41) is 0.471. The minimum Gasteiger partial charge on any atom is -0.384 e. The molecule has 1 aliphatic carbocycles. The Labute approximate surface area is 181 Å². The summed E-state index contributed by atoms with van der Waals surface area (Å²) in [6.07, 6.45) is 11.0. The van der Waals surface area contributed by atoms with Crippen LogP contribution in [0.5, 0.6) is 0 Å². The van der Waals surface area contributed by atoms with Gasteiger partial charge in [-0.15, -0.1) is 0 Å². The number of halogens is 1. The van der Waals surface area contributed by atoms with Gasteiger partial charge in [0.15, 0.2) is 0 Å². The molecule has 0 amide bonds. The lowest BCUT2D eigenvalue weighted by molar-refractivity contribution is 0.225. The summed E-state index contributed by atoms with van der Waals surface area (Å²) in [4.78, 5) is 24.9. The molecule has 2 aliphatic rings. The average Bonchev–Trinajstić information content (AvgIpc) is 3.19. The molecule has 8 heteroatoms. The summed E-state index contributed by atoms with van der Waals surface area (Å²) in [7, 11) is 1.79. The van der Waals surface area contributed by atoms with Crippen LogP contribution < -0.4 is 16.2 Å². The number of pyridine rings is 1. The predicted molar refractivity (Wildman–Crippen MR) is 121 cm³/mol. The zero-order valence-corrected chi connectivity index (χ0v) is 19.0. The number of nitrogens with two attached hydrogens (primary N) is 1. The van der Waals surface area contributed by atoms with Gasteiger partial charge in [-0.2, -0.15) is 0 Å². The fourth-order valence-electron chi connectivity index (χ4n) is 4.32. The quantitative estimate of drug-likeness (QED) is 0.749. The van der Waals surface area contributed by atoms with Crippen LogP contribution in [0.1, 0.15) is 52.4 Å². The van der Waals surface area contributed by atoms with Gasteiger partial charge in [0.25, 0.3) is 5.56 Å². The third-order valence-corrected chi connectivity index (χ3v) is 7.42. The normalized spacial score (nSPS) is 17.9. The average molecular weight is 436 g/mol. The molecule has 1 spiro atoms. The van der Waals surface area contributed by atoms with E-state index in [1.807, 2.05) is 13.8 Å². The zero-order chi connectivity index (χ0) is 21.0. The Balaban J connectivity index is 0.00000117. The van der Waals surface area contributed by atoms with Gasteiger partial charge in [0.05, 0.1) is 16.1 Å². The van der Waals surface area contributed by atoms with Gasteiger partial charge in [0, 0.05) is 31.2 Å². The fourth-order valence-corrected chi connectivity index (χ4v) is 5.43. The monoisotopic (exact) mass is 435 g/mol. The minimum atomic E-state index is -0.0717. The number of piperidine rings is 1. The maximum Gasteiger partial charge on any atom is 0.268 e. The summed E-state index contributed by atoms with van der Waals surface area (Å²) in [6, 6.07) is 1.67. The highest BCUT2D eigenvalue weighted by Crippen LogP contribution is 2.46. The van der Waals surface area contributed by atoms with Gasteiger partial charge in [-0.3, -0.25) is 9.36 Å². The van der Waals surface area contributed by atoms with Crippen LogP contribution in [0.25, 0.3) is 0 Å². The van der Waals surface area contributed by atoms with Crippen molar-refractivity contribution < 1.29 is 0 Å². The Morgan fingerprint density at radius 3 is 2.38 bits per heavy atom. The minimum absolute atomic E-state index is 0.0717. The first kappa shape index (κ1) is 22.0. The van der Waals surface area contributed by atoms with Crippen molar-refractivity contribution in [3.63, 3.8) is 0 Å². The molecule has 0 unspecified atom stereocenters. The van der Waals surface area contributed by atoms with Crippen molar-refractivity contribution in [1.29, 1.82) is 0 Å². The standard InChI is InChI=1S/C19H24ClN5OS.C2H6/c1-24-17(26)15(27-14-10-16(21)22-11-13(14)20)12-23-18(24)25-8-6-19(7-9-25)4-2-3-5-19;1-2/h10-12H,2-9H2,1H3,(H2,21,22);1-2H3. The lowest BCUT2D eigenvalue weighted by Crippen LogP contribution is -2.41. The molecule has 1 saturated heterocycles. The van der Waals surface area contributed by atoms with E-state index in [1.165, 1.54) is 56.5 Å². The number of hydrogen-bond donors (Lipinski definition) is 1. The van der Waals surface area contributed by atoms with Crippen LogP contribution in [-0.4, -0.2) is 27.6 Å². The Bertz CT molecular complexity index is 900. The van der Waals surface area contributed by atoms with E-state index in [2.05, 4.69) is 14.9 Å². The van der Waals surface area contributed by atoms with Gasteiger partial charge in [0.1, 0.15) is 5.82 Å². The summed E-state index contributed by atoms with van der Waals surface area (Å²) in [6.45, 7) is 5.94. The summed E-state index contributed by atoms with van der Waals surface area (Å²) < 4.78 is 1.65. The number of nitrogens with zero attached hydrogens (tertiary/aromatic N) is 4. The number of aromatic nitrogens is 3. The molecule has 0 atom stereocenters. The highest BCUT2D eigenvalue weighted by atomic mass is 35.5. The maximum atomic E-state index is 12.9. The Hall–Kier alpha value is -1.73. The smallest absolute Gasteiger partial charge is 0.268 e. The molecule has 2 fully saturated rings. The third-order valence-electron chi connectivity index (χ3n) is 5.95. The fraction of sp³-hybridized carbons (Fsp3) is 0.571. The molecular weight excluding hydrogens is 406 g/mol. The van der Waals surface area contributed by atoms with Crippen molar-refractivity contribution in [3.05, 3.63) is 33.8 Å². The van der Waals surface area contributed by atoms with E-state index in [9.17, 15) is 4.79 Å². The van der Waals surface area contributed by atoms with Crippen LogP contribution >= 0.6 is 23.4 Å². The molecule has 2 aromatic heterocycles. The highest BCUT2D eigenvalue weighted by molar-refractivity contribution is 7.99. The molecule has 0 bridgehead atoms. The largest absolute Gasteiger partial charge is 0.384 e. The van der Waals surface area contributed by atoms with Crippen molar-refractivity contribution in [2.75, 3.05) is 23.7 Å².